The van der Waals surface area contributed by atoms with Gasteiger partial charge in [-0.25, -0.2) is 4.68 Å². The highest BCUT2D eigenvalue weighted by Gasteiger charge is 2.16. The van der Waals surface area contributed by atoms with Crippen molar-refractivity contribution in [2.45, 2.75) is 20.4 Å². The zero-order chi connectivity index (χ0) is 16.4. The Balaban J connectivity index is 1.72. The number of carbonyl (C=O) groups is 1. The van der Waals surface area contributed by atoms with Crippen molar-refractivity contribution in [2.24, 2.45) is 0 Å². The molecule has 118 valence electrons. The molecular weight excluding hydrogens is 306 g/mol. The minimum absolute atomic E-state index is 0.0543. The summed E-state index contributed by atoms with van der Waals surface area (Å²) in [6, 6.07) is 11.9. The highest BCUT2D eigenvalue weighted by atomic mass is 32.1. The molecule has 1 aromatic carbocycles. The third-order valence-corrected chi connectivity index (χ3v) is 4.94. The van der Waals surface area contributed by atoms with Crippen molar-refractivity contribution in [3.63, 3.8) is 0 Å². The van der Waals surface area contributed by atoms with Crippen LogP contribution in [0.4, 0.5) is 0 Å². The summed E-state index contributed by atoms with van der Waals surface area (Å²) in [5.74, 6) is 0.0543. The highest BCUT2D eigenvalue weighted by molar-refractivity contribution is 7.14. The van der Waals surface area contributed by atoms with Gasteiger partial charge in [-0.1, -0.05) is 18.2 Å². The maximum absolute atomic E-state index is 12.5. The molecule has 23 heavy (non-hydrogen) atoms. The SMILES string of the molecule is Cc1cc(C(=O)N(C)Cc2cnn(-c3ccccc3)c2)sc1C. The van der Waals surface area contributed by atoms with Crippen LogP contribution in [-0.4, -0.2) is 27.6 Å². The summed E-state index contributed by atoms with van der Waals surface area (Å²) in [6.45, 7) is 4.62. The van der Waals surface area contributed by atoms with Crippen LogP contribution in [0, 0.1) is 13.8 Å². The normalized spacial score (nSPS) is 10.7. The number of benzene rings is 1. The van der Waals surface area contributed by atoms with E-state index in [1.54, 1.807) is 16.2 Å². The van der Waals surface area contributed by atoms with Crippen molar-refractivity contribution in [1.29, 1.82) is 0 Å². The van der Waals surface area contributed by atoms with E-state index in [9.17, 15) is 4.79 Å². The Morgan fingerprint density at radius 3 is 2.65 bits per heavy atom. The summed E-state index contributed by atoms with van der Waals surface area (Å²) in [4.78, 5) is 16.2. The lowest BCUT2D eigenvalue weighted by atomic mass is 10.2. The highest BCUT2D eigenvalue weighted by Crippen LogP contribution is 2.22. The zero-order valence-electron chi connectivity index (χ0n) is 13.5. The first-order valence-electron chi connectivity index (χ1n) is 7.46. The van der Waals surface area contributed by atoms with Crippen LogP contribution in [-0.2, 0) is 6.54 Å². The first-order chi connectivity index (χ1) is 11.0. The Bertz CT molecular complexity index is 800. The van der Waals surface area contributed by atoms with E-state index in [0.29, 0.717) is 6.54 Å². The number of nitrogens with zero attached hydrogens (tertiary/aromatic N) is 3. The van der Waals surface area contributed by atoms with Gasteiger partial charge in [0.05, 0.1) is 16.8 Å². The molecule has 0 fully saturated rings. The summed E-state index contributed by atoms with van der Waals surface area (Å²) in [6.07, 6.45) is 3.77. The Morgan fingerprint density at radius 1 is 1.26 bits per heavy atom. The average molecular weight is 325 g/mol. The monoisotopic (exact) mass is 325 g/mol. The lowest BCUT2D eigenvalue weighted by Crippen LogP contribution is -2.25. The van der Waals surface area contributed by atoms with Crippen molar-refractivity contribution in [3.8, 4) is 5.69 Å². The molecule has 2 aromatic heterocycles. The number of aryl methyl sites for hydroxylation is 2. The summed E-state index contributed by atoms with van der Waals surface area (Å²) in [7, 11) is 1.83. The number of para-hydroxylation sites is 1. The van der Waals surface area contributed by atoms with Gasteiger partial charge in [-0.3, -0.25) is 4.79 Å². The van der Waals surface area contributed by atoms with E-state index in [-0.39, 0.29) is 5.91 Å². The molecule has 0 radical (unpaired) electrons. The molecule has 3 rings (SSSR count). The number of aromatic nitrogens is 2. The lowest BCUT2D eigenvalue weighted by molar-refractivity contribution is 0.0790. The maximum Gasteiger partial charge on any atom is 0.263 e. The second-order valence-electron chi connectivity index (χ2n) is 5.64. The first-order valence-corrected chi connectivity index (χ1v) is 8.27. The predicted octanol–water partition coefficient (Wildman–Crippen LogP) is 3.82. The van der Waals surface area contributed by atoms with E-state index in [0.717, 1.165) is 16.1 Å². The average Bonchev–Trinajstić information content (AvgIpc) is 3.15. The molecule has 0 saturated heterocycles. The smallest absolute Gasteiger partial charge is 0.263 e. The van der Waals surface area contributed by atoms with E-state index in [1.807, 2.05) is 74.4 Å². The quantitative estimate of drug-likeness (QED) is 0.731. The zero-order valence-corrected chi connectivity index (χ0v) is 14.3. The topological polar surface area (TPSA) is 38.1 Å². The molecule has 5 heteroatoms. The largest absolute Gasteiger partial charge is 0.337 e. The minimum Gasteiger partial charge on any atom is -0.337 e. The standard InChI is InChI=1S/C18H19N3OS/c1-13-9-17(23-14(13)2)18(22)20(3)11-15-10-19-21(12-15)16-7-5-4-6-8-16/h4-10,12H,11H2,1-3H3. The van der Waals surface area contributed by atoms with Gasteiger partial charge in [-0.05, 0) is 37.6 Å². The summed E-state index contributed by atoms with van der Waals surface area (Å²) < 4.78 is 1.83. The second kappa shape index (κ2) is 6.38. The van der Waals surface area contributed by atoms with Gasteiger partial charge in [0.2, 0.25) is 0 Å². The maximum atomic E-state index is 12.5. The van der Waals surface area contributed by atoms with Gasteiger partial charge in [0.1, 0.15) is 0 Å². The van der Waals surface area contributed by atoms with E-state index in [1.165, 1.54) is 10.4 Å². The minimum atomic E-state index is 0.0543. The molecule has 0 aliphatic heterocycles. The first kappa shape index (κ1) is 15.5. The van der Waals surface area contributed by atoms with Crippen LogP contribution >= 0.6 is 11.3 Å². The number of carbonyl (C=O) groups excluding carboxylic acids is 1. The van der Waals surface area contributed by atoms with Crippen LogP contribution in [0.25, 0.3) is 5.69 Å². The molecule has 0 unspecified atom stereocenters. The molecule has 4 nitrogen and oxygen atoms in total. The van der Waals surface area contributed by atoms with E-state index in [2.05, 4.69) is 5.10 Å². The number of hydrogen-bond acceptors (Lipinski definition) is 3. The fraction of sp³-hybridized carbons (Fsp3) is 0.222. The van der Waals surface area contributed by atoms with Gasteiger partial charge >= 0.3 is 0 Å². The number of rotatable bonds is 4. The van der Waals surface area contributed by atoms with E-state index in [4.69, 9.17) is 0 Å². The molecule has 2 heterocycles. The van der Waals surface area contributed by atoms with Gasteiger partial charge < -0.3 is 4.90 Å². The lowest BCUT2D eigenvalue weighted by Gasteiger charge is -2.14. The molecule has 0 aliphatic rings. The van der Waals surface area contributed by atoms with Gasteiger partial charge in [0, 0.05) is 30.2 Å². The Labute approximate surface area is 140 Å². The van der Waals surface area contributed by atoms with Crippen LogP contribution in [0.3, 0.4) is 0 Å². The Kier molecular flexibility index (Phi) is 4.30. The Hall–Kier alpha value is -2.40. The van der Waals surface area contributed by atoms with Crippen LogP contribution in [0.15, 0.2) is 48.8 Å². The summed E-state index contributed by atoms with van der Waals surface area (Å²) >= 11 is 1.55. The van der Waals surface area contributed by atoms with Crippen LogP contribution in [0.5, 0.6) is 0 Å². The van der Waals surface area contributed by atoms with Crippen molar-refractivity contribution in [1.82, 2.24) is 14.7 Å². The van der Waals surface area contributed by atoms with Gasteiger partial charge in [0.15, 0.2) is 0 Å². The molecular formula is C18H19N3OS. The van der Waals surface area contributed by atoms with Crippen molar-refractivity contribution >= 4 is 17.2 Å². The molecule has 0 bridgehead atoms. The summed E-state index contributed by atoms with van der Waals surface area (Å²) in [5.41, 5.74) is 3.19. The number of hydrogen-bond donors (Lipinski definition) is 0. The van der Waals surface area contributed by atoms with Crippen molar-refractivity contribution in [2.75, 3.05) is 7.05 Å². The molecule has 0 aliphatic carbocycles. The van der Waals surface area contributed by atoms with Crippen molar-refractivity contribution < 1.29 is 4.79 Å². The molecule has 1 amide bonds. The van der Waals surface area contributed by atoms with Gasteiger partial charge in [-0.15, -0.1) is 11.3 Å². The Morgan fingerprint density at radius 2 is 2.00 bits per heavy atom. The molecule has 0 saturated carbocycles. The summed E-state index contributed by atoms with van der Waals surface area (Å²) in [5, 5.41) is 4.37. The third-order valence-electron chi connectivity index (χ3n) is 3.80. The molecule has 0 atom stereocenters. The fourth-order valence-electron chi connectivity index (χ4n) is 2.38. The second-order valence-corrected chi connectivity index (χ2v) is 6.90. The molecule has 0 N–H and O–H groups in total. The number of thiophene rings is 1. The number of amides is 1. The predicted molar refractivity (Wildman–Crippen MR) is 93.2 cm³/mol. The van der Waals surface area contributed by atoms with Gasteiger partial charge in [0.25, 0.3) is 5.91 Å². The molecule has 3 aromatic rings. The van der Waals surface area contributed by atoms with Crippen LogP contribution in [0.2, 0.25) is 0 Å². The van der Waals surface area contributed by atoms with E-state index < -0.39 is 0 Å². The third kappa shape index (κ3) is 3.35. The fourth-order valence-corrected chi connectivity index (χ4v) is 3.40. The molecule has 0 spiro atoms. The van der Waals surface area contributed by atoms with Gasteiger partial charge in [-0.2, -0.15) is 5.10 Å². The van der Waals surface area contributed by atoms with Crippen LogP contribution in [0.1, 0.15) is 25.7 Å². The van der Waals surface area contributed by atoms with Crippen molar-refractivity contribution in [3.05, 3.63) is 69.7 Å². The van der Waals surface area contributed by atoms with E-state index >= 15 is 0 Å². The van der Waals surface area contributed by atoms with Crippen LogP contribution < -0.4 is 0 Å².